The zero-order valence-corrected chi connectivity index (χ0v) is 14.3. The molecule has 0 bridgehead atoms. The van der Waals surface area contributed by atoms with Crippen LogP contribution in [0.3, 0.4) is 0 Å². The Labute approximate surface area is 146 Å². The van der Waals surface area contributed by atoms with Gasteiger partial charge in [-0.15, -0.1) is 11.3 Å². The van der Waals surface area contributed by atoms with E-state index in [1.54, 1.807) is 18.2 Å². The standard InChI is InChI=1S/C15H14ClN5O2S/c1-10(11-4-2-5-12(16)8-11)17-13(22)9-20-15(23)21(19-18-20)14-6-3-7-24-14/h2-8,10H,9H2,1H3,(H,17,22). The summed E-state index contributed by atoms with van der Waals surface area (Å²) in [6, 6.07) is 10.6. The van der Waals surface area contributed by atoms with Crippen LogP contribution in [0.4, 0.5) is 0 Å². The van der Waals surface area contributed by atoms with Crippen molar-refractivity contribution in [2.24, 2.45) is 0 Å². The number of benzene rings is 1. The number of nitrogens with zero attached hydrogens (tertiary/aromatic N) is 4. The number of hydrogen-bond donors (Lipinski definition) is 1. The number of tetrazole rings is 1. The lowest BCUT2D eigenvalue weighted by Gasteiger charge is -2.14. The van der Waals surface area contributed by atoms with E-state index < -0.39 is 5.69 Å². The zero-order chi connectivity index (χ0) is 17.1. The van der Waals surface area contributed by atoms with Crippen molar-refractivity contribution < 1.29 is 4.79 Å². The highest BCUT2D eigenvalue weighted by Crippen LogP contribution is 2.17. The van der Waals surface area contributed by atoms with E-state index >= 15 is 0 Å². The first-order valence-corrected chi connectivity index (χ1v) is 8.42. The maximum Gasteiger partial charge on any atom is 0.369 e. The fourth-order valence-corrected chi connectivity index (χ4v) is 3.05. The highest BCUT2D eigenvalue weighted by atomic mass is 35.5. The highest BCUT2D eigenvalue weighted by molar-refractivity contribution is 7.12. The molecule has 1 atom stereocenters. The minimum atomic E-state index is -0.456. The molecule has 1 N–H and O–H groups in total. The van der Waals surface area contributed by atoms with Gasteiger partial charge in [0.1, 0.15) is 11.5 Å². The quantitative estimate of drug-likeness (QED) is 0.751. The second kappa shape index (κ2) is 6.98. The topological polar surface area (TPSA) is 81.8 Å². The Morgan fingerprint density at radius 2 is 2.17 bits per heavy atom. The molecule has 3 aromatic rings. The molecular weight excluding hydrogens is 350 g/mol. The SMILES string of the molecule is CC(NC(=O)Cn1nnn(-c2cccs2)c1=O)c1cccc(Cl)c1. The van der Waals surface area contributed by atoms with Gasteiger partial charge < -0.3 is 5.32 Å². The molecule has 124 valence electrons. The molecule has 1 aromatic carbocycles. The minimum Gasteiger partial charge on any atom is -0.348 e. The largest absolute Gasteiger partial charge is 0.369 e. The van der Waals surface area contributed by atoms with E-state index in [0.29, 0.717) is 10.0 Å². The monoisotopic (exact) mass is 363 g/mol. The van der Waals surface area contributed by atoms with Crippen LogP contribution >= 0.6 is 22.9 Å². The van der Waals surface area contributed by atoms with Crippen molar-refractivity contribution in [3.8, 4) is 5.00 Å². The fraction of sp³-hybridized carbons (Fsp3) is 0.200. The lowest BCUT2D eigenvalue weighted by Crippen LogP contribution is -2.34. The maximum atomic E-state index is 12.2. The van der Waals surface area contributed by atoms with Crippen molar-refractivity contribution in [1.82, 2.24) is 25.1 Å². The third-order valence-electron chi connectivity index (χ3n) is 3.37. The molecule has 24 heavy (non-hydrogen) atoms. The van der Waals surface area contributed by atoms with Gasteiger partial charge in [0.15, 0.2) is 0 Å². The van der Waals surface area contributed by atoms with Crippen molar-refractivity contribution in [2.75, 3.05) is 0 Å². The summed E-state index contributed by atoms with van der Waals surface area (Å²) in [4.78, 5) is 24.4. The van der Waals surface area contributed by atoms with Gasteiger partial charge in [-0.25, -0.2) is 4.79 Å². The van der Waals surface area contributed by atoms with Gasteiger partial charge in [-0.3, -0.25) is 4.79 Å². The molecule has 2 aromatic heterocycles. The van der Waals surface area contributed by atoms with Crippen LogP contribution in [-0.2, 0) is 11.3 Å². The normalized spacial score (nSPS) is 12.1. The molecule has 7 nitrogen and oxygen atoms in total. The molecule has 0 spiro atoms. The highest BCUT2D eigenvalue weighted by Gasteiger charge is 2.15. The molecule has 0 saturated heterocycles. The first kappa shape index (κ1) is 16.4. The van der Waals surface area contributed by atoms with E-state index in [1.165, 1.54) is 16.0 Å². The molecule has 3 rings (SSSR count). The van der Waals surface area contributed by atoms with E-state index in [-0.39, 0.29) is 18.5 Å². The molecular formula is C15H14ClN5O2S. The Morgan fingerprint density at radius 1 is 1.33 bits per heavy atom. The Bertz CT molecular complexity index is 903. The van der Waals surface area contributed by atoms with E-state index in [0.717, 1.165) is 10.2 Å². The summed E-state index contributed by atoms with van der Waals surface area (Å²) in [5.41, 5.74) is 0.424. The summed E-state index contributed by atoms with van der Waals surface area (Å²) in [5.74, 6) is -0.331. The number of aromatic nitrogens is 4. The number of carbonyl (C=O) groups excluding carboxylic acids is 1. The van der Waals surface area contributed by atoms with Crippen LogP contribution in [0, 0.1) is 0 Å². The maximum absolute atomic E-state index is 12.2. The van der Waals surface area contributed by atoms with Gasteiger partial charge in [0.25, 0.3) is 0 Å². The van der Waals surface area contributed by atoms with E-state index in [9.17, 15) is 9.59 Å². The fourth-order valence-electron chi connectivity index (χ4n) is 2.18. The summed E-state index contributed by atoms with van der Waals surface area (Å²) >= 11 is 7.32. The van der Waals surface area contributed by atoms with Crippen LogP contribution in [-0.4, -0.2) is 25.7 Å². The van der Waals surface area contributed by atoms with Crippen LogP contribution in [0.1, 0.15) is 18.5 Å². The Hall–Kier alpha value is -2.45. The summed E-state index contributed by atoms with van der Waals surface area (Å²) in [5, 5.41) is 13.4. The van der Waals surface area contributed by atoms with Crippen LogP contribution in [0.15, 0.2) is 46.6 Å². The molecule has 0 aliphatic carbocycles. The number of halogens is 1. The Balaban J connectivity index is 1.68. The predicted octanol–water partition coefficient (Wildman–Crippen LogP) is 2.02. The molecule has 0 aliphatic heterocycles. The molecule has 0 saturated carbocycles. The second-order valence-corrected chi connectivity index (χ2v) is 6.49. The van der Waals surface area contributed by atoms with E-state index in [4.69, 9.17) is 11.6 Å². The smallest absolute Gasteiger partial charge is 0.348 e. The van der Waals surface area contributed by atoms with E-state index in [2.05, 4.69) is 15.7 Å². The van der Waals surface area contributed by atoms with Gasteiger partial charge >= 0.3 is 5.69 Å². The Kier molecular flexibility index (Phi) is 4.77. The first-order valence-electron chi connectivity index (χ1n) is 7.16. The van der Waals surface area contributed by atoms with Gasteiger partial charge in [0.05, 0.1) is 6.04 Å². The van der Waals surface area contributed by atoms with Crippen molar-refractivity contribution in [1.29, 1.82) is 0 Å². The van der Waals surface area contributed by atoms with Crippen LogP contribution in [0.25, 0.3) is 5.00 Å². The number of rotatable bonds is 5. The zero-order valence-electron chi connectivity index (χ0n) is 12.7. The van der Waals surface area contributed by atoms with Gasteiger partial charge in [-0.2, -0.15) is 9.36 Å². The van der Waals surface area contributed by atoms with Crippen LogP contribution < -0.4 is 11.0 Å². The predicted molar refractivity (Wildman–Crippen MR) is 91.5 cm³/mol. The van der Waals surface area contributed by atoms with Gasteiger partial charge in [-0.1, -0.05) is 23.7 Å². The molecule has 0 radical (unpaired) electrons. The summed E-state index contributed by atoms with van der Waals surface area (Å²) in [6.07, 6.45) is 0. The number of hydrogen-bond acceptors (Lipinski definition) is 5. The minimum absolute atomic E-state index is 0.199. The lowest BCUT2D eigenvalue weighted by atomic mass is 10.1. The second-order valence-electron chi connectivity index (χ2n) is 5.13. The molecule has 2 heterocycles. The molecule has 0 fully saturated rings. The van der Waals surface area contributed by atoms with Crippen LogP contribution in [0.2, 0.25) is 5.02 Å². The number of thiophene rings is 1. The summed E-state index contributed by atoms with van der Waals surface area (Å²) < 4.78 is 2.19. The molecule has 1 unspecified atom stereocenters. The third kappa shape index (κ3) is 3.55. The van der Waals surface area contributed by atoms with E-state index in [1.807, 2.05) is 30.5 Å². The van der Waals surface area contributed by atoms with Crippen LogP contribution in [0.5, 0.6) is 0 Å². The third-order valence-corrected chi connectivity index (χ3v) is 4.45. The average molecular weight is 364 g/mol. The number of amides is 1. The molecule has 1 amide bonds. The van der Waals surface area contributed by atoms with Crippen molar-refractivity contribution in [2.45, 2.75) is 19.5 Å². The van der Waals surface area contributed by atoms with Crippen molar-refractivity contribution in [3.63, 3.8) is 0 Å². The average Bonchev–Trinajstić information content (AvgIpc) is 3.18. The molecule has 9 heteroatoms. The number of nitrogens with one attached hydrogen (secondary N) is 1. The molecule has 0 aliphatic rings. The van der Waals surface area contributed by atoms with Gasteiger partial charge in [-0.05, 0) is 52.6 Å². The van der Waals surface area contributed by atoms with Gasteiger partial charge in [0, 0.05) is 5.02 Å². The lowest BCUT2D eigenvalue weighted by molar-refractivity contribution is -0.122. The van der Waals surface area contributed by atoms with Gasteiger partial charge in [0.2, 0.25) is 5.91 Å². The summed E-state index contributed by atoms with van der Waals surface area (Å²) in [7, 11) is 0. The Morgan fingerprint density at radius 3 is 2.88 bits per heavy atom. The van der Waals surface area contributed by atoms with Crippen molar-refractivity contribution in [3.05, 3.63) is 62.8 Å². The number of carbonyl (C=O) groups is 1. The summed E-state index contributed by atoms with van der Waals surface area (Å²) in [6.45, 7) is 1.64. The first-order chi connectivity index (χ1) is 11.5. The van der Waals surface area contributed by atoms with Crippen molar-refractivity contribution >= 4 is 28.8 Å².